The van der Waals surface area contributed by atoms with Crippen molar-refractivity contribution in [2.75, 3.05) is 46.7 Å². The maximum atomic E-state index is 10.4. The Morgan fingerprint density at radius 2 is 2.06 bits per heavy atom. The molecule has 0 bridgehead atoms. The van der Waals surface area contributed by atoms with E-state index in [0.717, 1.165) is 18.5 Å². The largest absolute Gasteiger partial charge is 0.399 e. The molecule has 2 aromatic heterocycles. The summed E-state index contributed by atoms with van der Waals surface area (Å²) in [5, 5.41) is 21.9. The first-order chi connectivity index (χ1) is 15.7. The highest BCUT2D eigenvalue weighted by Crippen LogP contribution is 2.38. The SMILES string of the molecule is CC(C)(O)[C@H]1CN(c2cc(N)cc(Nc3nc(NC4CC4)c4ncc(N)n4n3)c2Cl)CCO1. The summed E-state index contributed by atoms with van der Waals surface area (Å²) in [6.45, 7) is 5.04. The number of ether oxygens (including phenoxy) is 1. The number of aromatic nitrogens is 4. The number of anilines is 6. The summed E-state index contributed by atoms with van der Waals surface area (Å²) in [7, 11) is 0. The molecule has 1 aliphatic carbocycles. The van der Waals surface area contributed by atoms with Gasteiger partial charge in [0.2, 0.25) is 5.95 Å². The first-order valence-corrected chi connectivity index (χ1v) is 11.3. The molecule has 3 aromatic rings. The van der Waals surface area contributed by atoms with E-state index in [2.05, 4.69) is 30.6 Å². The van der Waals surface area contributed by atoms with E-state index >= 15 is 0 Å². The van der Waals surface area contributed by atoms with Crippen LogP contribution in [0.5, 0.6) is 0 Å². The summed E-state index contributed by atoms with van der Waals surface area (Å²) in [5.41, 5.74) is 13.7. The Bertz CT molecular complexity index is 1190. The molecule has 0 amide bonds. The van der Waals surface area contributed by atoms with Crippen LogP contribution in [0.4, 0.5) is 34.6 Å². The molecule has 12 heteroatoms. The Balaban J connectivity index is 1.47. The summed E-state index contributed by atoms with van der Waals surface area (Å²) in [6.07, 6.45) is 3.37. The number of benzene rings is 1. The average Bonchev–Trinajstić information content (AvgIpc) is 3.50. The van der Waals surface area contributed by atoms with Crippen molar-refractivity contribution in [3.8, 4) is 0 Å². The number of hydrogen-bond acceptors (Lipinski definition) is 10. The van der Waals surface area contributed by atoms with Crippen molar-refractivity contribution in [2.24, 2.45) is 0 Å². The standard InChI is InChI=1S/C21H28ClN9O2/c1-21(2,32)15-10-30(5-6-33-15)14-8-11(23)7-13(17(14)22)27-20-28-18(26-12-3-4-12)19-25-9-16(24)31(19)29-20/h7-9,12,15,32H,3-6,10,23-24H2,1-2H3,(H2,26,27,28,29)/t15-/m1/s1. The van der Waals surface area contributed by atoms with Crippen LogP contribution >= 0.6 is 11.6 Å². The van der Waals surface area contributed by atoms with Gasteiger partial charge in [0.25, 0.3) is 0 Å². The lowest BCUT2D eigenvalue weighted by Crippen LogP contribution is -2.52. The van der Waals surface area contributed by atoms with E-state index < -0.39 is 5.60 Å². The minimum Gasteiger partial charge on any atom is -0.399 e. The van der Waals surface area contributed by atoms with Crippen LogP contribution < -0.4 is 27.0 Å². The number of aliphatic hydroxyl groups is 1. The second kappa shape index (κ2) is 8.08. The third-order valence-corrected chi connectivity index (χ3v) is 6.22. The number of halogens is 1. The van der Waals surface area contributed by atoms with Crippen LogP contribution in [-0.2, 0) is 4.74 Å². The number of nitrogens with zero attached hydrogens (tertiary/aromatic N) is 5. The topological polar surface area (TPSA) is 152 Å². The monoisotopic (exact) mass is 473 g/mol. The van der Waals surface area contributed by atoms with Gasteiger partial charge in [0, 0.05) is 24.8 Å². The van der Waals surface area contributed by atoms with Crippen molar-refractivity contribution < 1.29 is 9.84 Å². The summed E-state index contributed by atoms with van der Waals surface area (Å²) in [4.78, 5) is 11.0. The minimum atomic E-state index is -0.981. The number of imidazole rings is 1. The molecule has 1 aromatic carbocycles. The Hall–Kier alpha value is -3.02. The number of nitrogens with two attached hydrogens (primary N) is 2. The number of nitrogen functional groups attached to an aromatic ring is 2. The van der Waals surface area contributed by atoms with E-state index in [1.807, 2.05) is 6.07 Å². The summed E-state index contributed by atoms with van der Waals surface area (Å²) >= 11 is 6.81. The Kier molecular flexibility index (Phi) is 5.34. The van der Waals surface area contributed by atoms with Crippen LogP contribution in [0.15, 0.2) is 18.3 Å². The van der Waals surface area contributed by atoms with E-state index in [1.165, 1.54) is 4.52 Å². The van der Waals surface area contributed by atoms with Crippen LogP contribution in [-0.4, -0.2) is 62.1 Å². The van der Waals surface area contributed by atoms with Crippen LogP contribution in [0.1, 0.15) is 26.7 Å². The highest BCUT2D eigenvalue weighted by atomic mass is 35.5. The predicted octanol–water partition coefficient (Wildman–Crippen LogP) is 2.24. The van der Waals surface area contributed by atoms with Crippen molar-refractivity contribution in [3.63, 3.8) is 0 Å². The van der Waals surface area contributed by atoms with Crippen molar-refractivity contribution in [2.45, 2.75) is 44.4 Å². The molecule has 2 aliphatic rings. The van der Waals surface area contributed by atoms with E-state index in [1.54, 1.807) is 26.1 Å². The van der Waals surface area contributed by atoms with Crippen molar-refractivity contribution in [1.82, 2.24) is 19.6 Å². The van der Waals surface area contributed by atoms with Gasteiger partial charge in [-0.2, -0.15) is 9.50 Å². The van der Waals surface area contributed by atoms with Crippen LogP contribution in [0.3, 0.4) is 0 Å². The van der Waals surface area contributed by atoms with Crippen LogP contribution in [0.2, 0.25) is 5.02 Å². The lowest BCUT2D eigenvalue weighted by Gasteiger charge is -2.40. The summed E-state index contributed by atoms with van der Waals surface area (Å²) in [6, 6.07) is 3.93. The lowest BCUT2D eigenvalue weighted by molar-refractivity contribution is -0.0927. The van der Waals surface area contributed by atoms with Crippen molar-refractivity contribution in [1.29, 1.82) is 0 Å². The molecule has 0 unspecified atom stereocenters. The van der Waals surface area contributed by atoms with Gasteiger partial charge in [-0.15, -0.1) is 5.10 Å². The molecule has 1 atom stereocenters. The Morgan fingerprint density at radius 3 is 2.79 bits per heavy atom. The van der Waals surface area contributed by atoms with Gasteiger partial charge in [-0.05, 0) is 38.8 Å². The lowest BCUT2D eigenvalue weighted by atomic mass is 10.00. The highest BCUT2D eigenvalue weighted by molar-refractivity contribution is 6.36. The zero-order valence-corrected chi connectivity index (χ0v) is 19.3. The molecule has 1 saturated carbocycles. The highest BCUT2D eigenvalue weighted by Gasteiger charge is 2.33. The normalized spacial score (nSPS) is 19.2. The van der Waals surface area contributed by atoms with Gasteiger partial charge >= 0.3 is 0 Å². The molecule has 3 heterocycles. The molecule has 1 aliphatic heterocycles. The summed E-state index contributed by atoms with van der Waals surface area (Å²) < 4.78 is 7.29. The van der Waals surface area contributed by atoms with Gasteiger partial charge in [-0.3, -0.25) is 0 Å². The van der Waals surface area contributed by atoms with Crippen LogP contribution in [0.25, 0.3) is 5.65 Å². The zero-order chi connectivity index (χ0) is 23.3. The van der Waals surface area contributed by atoms with Gasteiger partial charge < -0.3 is 36.8 Å². The first kappa shape index (κ1) is 21.8. The van der Waals surface area contributed by atoms with Gasteiger partial charge in [-0.1, -0.05) is 11.6 Å². The van der Waals surface area contributed by atoms with Crippen LogP contribution in [0, 0.1) is 0 Å². The molecule has 11 nitrogen and oxygen atoms in total. The van der Waals surface area contributed by atoms with Crippen molar-refractivity contribution >= 4 is 51.9 Å². The average molecular weight is 474 g/mol. The second-order valence-corrected chi connectivity index (χ2v) is 9.48. The van der Waals surface area contributed by atoms with E-state index in [4.69, 9.17) is 27.8 Å². The van der Waals surface area contributed by atoms with Gasteiger partial charge in [0.15, 0.2) is 11.5 Å². The van der Waals surface area contributed by atoms with E-state index in [9.17, 15) is 5.11 Å². The number of rotatable bonds is 6. The second-order valence-electron chi connectivity index (χ2n) is 9.11. The number of morpholine rings is 1. The third-order valence-electron chi connectivity index (χ3n) is 5.82. The fourth-order valence-corrected chi connectivity index (χ4v) is 4.11. The van der Waals surface area contributed by atoms with Gasteiger partial charge in [0.05, 0.1) is 34.8 Å². The molecular weight excluding hydrogens is 446 g/mol. The zero-order valence-electron chi connectivity index (χ0n) is 18.5. The maximum absolute atomic E-state index is 10.4. The molecule has 176 valence electrons. The fourth-order valence-electron chi connectivity index (χ4n) is 3.84. The smallest absolute Gasteiger partial charge is 0.247 e. The number of hydrogen-bond donors (Lipinski definition) is 5. The summed E-state index contributed by atoms with van der Waals surface area (Å²) in [5.74, 6) is 1.32. The Labute approximate surface area is 196 Å². The molecule has 33 heavy (non-hydrogen) atoms. The molecule has 2 fully saturated rings. The first-order valence-electron chi connectivity index (χ1n) is 10.9. The van der Waals surface area contributed by atoms with E-state index in [0.29, 0.717) is 65.4 Å². The molecule has 0 radical (unpaired) electrons. The predicted molar refractivity (Wildman–Crippen MR) is 129 cm³/mol. The fraction of sp³-hybridized carbons (Fsp3) is 0.476. The molecule has 1 saturated heterocycles. The third kappa shape index (κ3) is 4.43. The quantitative estimate of drug-likeness (QED) is 0.337. The Morgan fingerprint density at radius 1 is 1.27 bits per heavy atom. The van der Waals surface area contributed by atoms with Crippen molar-refractivity contribution in [3.05, 3.63) is 23.4 Å². The minimum absolute atomic E-state index is 0.310. The molecular formula is C21H28ClN9O2. The number of fused-ring (bicyclic) bond motifs is 1. The molecule has 5 rings (SSSR count). The molecule has 7 N–H and O–H groups in total. The van der Waals surface area contributed by atoms with Gasteiger partial charge in [0.1, 0.15) is 11.9 Å². The number of nitrogens with one attached hydrogen (secondary N) is 2. The molecule has 0 spiro atoms. The maximum Gasteiger partial charge on any atom is 0.247 e. The van der Waals surface area contributed by atoms with E-state index in [-0.39, 0.29) is 6.10 Å². The van der Waals surface area contributed by atoms with Gasteiger partial charge in [-0.25, -0.2) is 4.98 Å².